The van der Waals surface area contributed by atoms with Gasteiger partial charge in [-0.15, -0.1) is 0 Å². The number of nitrogens with two attached hydrogens (primary N) is 1. The molecule has 9 nitrogen and oxygen atoms in total. The van der Waals surface area contributed by atoms with Gasteiger partial charge >= 0.3 is 0 Å². The number of anilines is 2. The molecule has 0 fully saturated rings. The predicted octanol–water partition coefficient (Wildman–Crippen LogP) is 2.83. The van der Waals surface area contributed by atoms with Gasteiger partial charge in [-0.05, 0) is 42.0 Å². The van der Waals surface area contributed by atoms with Crippen molar-refractivity contribution in [1.29, 1.82) is 5.26 Å². The number of aromatic amines is 2. The van der Waals surface area contributed by atoms with Crippen LogP contribution in [0.4, 0.5) is 11.5 Å². The standard InChI is InChI=1S/C19H13ClN6O3S/c20-12-4-1-11(9-21)16(7-12)30(28,29)26-13-5-2-10(3-6-13)14-8-15-17(19(27)23-14)18(22)25-24-15/h1-8,26H,(H,23,27)(H3,22,24,25). The lowest BCUT2D eigenvalue weighted by Gasteiger charge is -2.10. The van der Waals surface area contributed by atoms with Gasteiger partial charge in [0.2, 0.25) is 0 Å². The van der Waals surface area contributed by atoms with Crippen molar-refractivity contribution < 1.29 is 8.42 Å². The molecule has 30 heavy (non-hydrogen) atoms. The molecule has 0 saturated carbocycles. The molecular weight excluding hydrogens is 428 g/mol. The van der Waals surface area contributed by atoms with Gasteiger partial charge in [-0.3, -0.25) is 14.6 Å². The van der Waals surface area contributed by atoms with Gasteiger partial charge < -0.3 is 10.7 Å². The van der Waals surface area contributed by atoms with E-state index in [0.717, 1.165) is 0 Å². The fourth-order valence-corrected chi connectivity index (χ4v) is 4.45. The fourth-order valence-electron chi connectivity index (χ4n) is 2.97. The third kappa shape index (κ3) is 3.47. The van der Waals surface area contributed by atoms with E-state index in [9.17, 15) is 18.5 Å². The van der Waals surface area contributed by atoms with E-state index < -0.39 is 10.0 Å². The lowest BCUT2D eigenvalue weighted by molar-refractivity contribution is 0.601. The van der Waals surface area contributed by atoms with Gasteiger partial charge in [-0.25, -0.2) is 8.42 Å². The molecule has 2 aromatic carbocycles. The summed E-state index contributed by atoms with van der Waals surface area (Å²) >= 11 is 5.88. The minimum Gasteiger partial charge on any atom is -0.382 e. The third-order valence-corrected chi connectivity index (χ3v) is 6.04. The maximum absolute atomic E-state index is 12.7. The summed E-state index contributed by atoms with van der Waals surface area (Å²) in [5, 5.41) is 16.2. The van der Waals surface area contributed by atoms with E-state index in [0.29, 0.717) is 16.8 Å². The van der Waals surface area contributed by atoms with Gasteiger partial charge in [0.1, 0.15) is 16.4 Å². The highest BCUT2D eigenvalue weighted by Crippen LogP contribution is 2.25. The molecule has 0 unspecified atom stereocenters. The Hall–Kier alpha value is -3.81. The van der Waals surface area contributed by atoms with Gasteiger partial charge in [0, 0.05) is 10.7 Å². The zero-order valence-electron chi connectivity index (χ0n) is 15.1. The largest absolute Gasteiger partial charge is 0.382 e. The molecule has 0 saturated heterocycles. The third-order valence-electron chi connectivity index (χ3n) is 4.39. The Morgan fingerprint density at radius 3 is 2.57 bits per heavy atom. The first-order valence-electron chi connectivity index (χ1n) is 8.48. The lowest BCUT2D eigenvalue weighted by atomic mass is 10.1. The number of aromatic nitrogens is 3. The van der Waals surface area contributed by atoms with Gasteiger partial charge in [0.05, 0.1) is 16.8 Å². The van der Waals surface area contributed by atoms with Crippen molar-refractivity contribution in [2.24, 2.45) is 0 Å². The molecule has 0 amide bonds. The zero-order valence-corrected chi connectivity index (χ0v) is 16.7. The van der Waals surface area contributed by atoms with Crippen LogP contribution in [0.25, 0.3) is 22.2 Å². The Bertz CT molecular complexity index is 1480. The van der Waals surface area contributed by atoms with Gasteiger partial charge in [-0.1, -0.05) is 23.7 Å². The van der Waals surface area contributed by atoms with Crippen molar-refractivity contribution in [3.63, 3.8) is 0 Å². The minimum atomic E-state index is -4.03. The van der Waals surface area contributed by atoms with E-state index in [2.05, 4.69) is 19.9 Å². The number of nitrogen functional groups attached to an aromatic ring is 1. The van der Waals surface area contributed by atoms with Gasteiger partial charge in [0.25, 0.3) is 15.6 Å². The van der Waals surface area contributed by atoms with Crippen molar-refractivity contribution in [3.8, 4) is 17.3 Å². The summed E-state index contributed by atoms with van der Waals surface area (Å²) in [6, 6.07) is 13.9. The zero-order chi connectivity index (χ0) is 21.5. The number of hydrogen-bond donors (Lipinski definition) is 4. The summed E-state index contributed by atoms with van der Waals surface area (Å²) in [7, 11) is -4.03. The molecule has 0 aliphatic rings. The first-order chi connectivity index (χ1) is 14.3. The maximum atomic E-state index is 12.7. The van der Waals surface area contributed by atoms with Crippen molar-refractivity contribution in [2.45, 2.75) is 4.90 Å². The molecule has 2 aromatic heterocycles. The average Bonchev–Trinajstić information content (AvgIpc) is 3.09. The minimum absolute atomic E-state index is 0.0202. The van der Waals surface area contributed by atoms with Crippen molar-refractivity contribution >= 4 is 44.0 Å². The van der Waals surface area contributed by atoms with Gasteiger partial charge in [-0.2, -0.15) is 10.4 Å². The molecule has 0 bridgehead atoms. The topological polar surface area (TPSA) is 158 Å². The molecule has 5 N–H and O–H groups in total. The summed E-state index contributed by atoms with van der Waals surface area (Å²) in [6.45, 7) is 0. The molecule has 4 aromatic rings. The first kappa shape index (κ1) is 19.5. The summed E-state index contributed by atoms with van der Waals surface area (Å²) < 4.78 is 27.8. The van der Waals surface area contributed by atoms with Crippen LogP contribution in [0.2, 0.25) is 5.02 Å². The maximum Gasteiger partial charge on any atom is 0.263 e. The molecule has 4 rings (SSSR count). The molecule has 0 aliphatic carbocycles. The fraction of sp³-hybridized carbons (Fsp3) is 0. The number of halogens is 1. The van der Waals surface area contributed by atoms with Crippen LogP contribution >= 0.6 is 11.6 Å². The second-order valence-electron chi connectivity index (χ2n) is 6.34. The number of pyridine rings is 1. The van der Waals surface area contributed by atoms with Crippen LogP contribution < -0.4 is 16.0 Å². The van der Waals surface area contributed by atoms with E-state index >= 15 is 0 Å². The molecule has 150 valence electrons. The lowest BCUT2D eigenvalue weighted by Crippen LogP contribution is -2.14. The molecule has 11 heteroatoms. The van der Waals surface area contributed by atoms with E-state index in [-0.39, 0.29) is 37.9 Å². The number of H-pyrrole nitrogens is 2. The highest BCUT2D eigenvalue weighted by Gasteiger charge is 2.19. The van der Waals surface area contributed by atoms with Crippen LogP contribution in [0.3, 0.4) is 0 Å². The Morgan fingerprint density at radius 1 is 1.13 bits per heavy atom. The quantitative estimate of drug-likeness (QED) is 0.382. The normalized spacial score (nSPS) is 11.3. The highest BCUT2D eigenvalue weighted by atomic mass is 35.5. The number of nitrogens with one attached hydrogen (secondary N) is 3. The number of nitrogens with zero attached hydrogens (tertiary/aromatic N) is 2. The average molecular weight is 441 g/mol. The Morgan fingerprint density at radius 2 is 1.87 bits per heavy atom. The molecule has 0 aliphatic heterocycles. The summed E-state index contributed by atoms with van der Waals surface area (Å²) in [5.74, 6) is 0.111. The van der Waals surface area contributed by atoms with Crippen molar-refractivity contribution in [1.82, 2.24) is 15.2 Å². The number of rotatable bonds is 4. The molecular formula is C19H13ClN6O3S. The number of hydrogen-bond acceptors (Lipinski definition) is 6. The van der Waals surface area contributed by atoms with Crippen LogP contribution in [0.5, 0.6) is 0 Å². The molecule has 0 spiro atoms. The van der Waals surface area contributed by atoms with Crippen LogP contribution in [-0.4, -0.2) is 23.6 Å². The van der Waals surface area contributed by atoms with Crippen LogP contribution in [-0.2, 0) is 10.0 Å². The van der Waals surface area contributed by atoms with Crippen LogP contribution in [0.1, 0.15) is 5.56 Å². The first-order valence-corrected chi connectivity index (χ1v) is 10.3. The van der Waals surface area contributed by atoms with Crippen molar-refractivity contribution in [2.75, 3.05) is 10.5 Å². The van der Waals surface area contributed by atoms with Crippen LogP contribution in [0.15, 0.2) is 58.2 Å². The summed E-state index contributed by atoms with van der Waals surface area (Å²) in [4.78, 5) is 14.7. The van der Waals surface area contributed by atoms with E-state index in [1.807, 2.05) is 6.07 Å². The summed E-state index contributed by atoms with van der Waals surface area (Å²) in [6.07, 6.45) is 0. The van der Waals surface area contributed by atoms with E-state index in [1.54, 1.807) is 18.2 Å². The summed E-state index contributed by atoms with van der Waals surface area (Å²) in [5.41, 5.74) is 7.17. The van der Waals surface area contributed by atoms with Gasteiger partial charge in [0.15, 0.2) is 5.82 Å². The second-order valence-corrected chi connectivity index (χ2v) is 8.43. The second kappa shape index (κ2) is 7.22. The van der Waals surface area contributed by atoms with E-state index in [1.165, 1.54) is 30.3 Å². The Kier molecular flexibility index (Phi) is 4.69. The number of benzene rings is 2. The smallest absolute Gasteiger partial charge is 0.263 e. The SMILES string of the molecule is N#Cc1ccc(Cl)cc1S(=O)(=O)Nc1ccc(-c2cc3[nH]nc(N)c3c(=O)[nH]2)cc1. The highest BCUT2D eigenvalue weighted by molar-refractivity contribution is 7.92. The molecule has 0 atom stereocenters. The number of nitriles is 1. The number of sulfonamides is 1. The monoisotopic (exact) mass is 440 g/mol. The number of fused-ring (bicyclic) bond motifs is 1. The Labute approximate surface area is 175 Å². The van der Waals surface area contributed by atoms with E-state index in [4.69, 9.17) is 17.3 Å². The molecule has 0 radical (unpaired) electrons. The van der Waals surface area contributed by atoms with Crippen LogP contribution in [0, 0.1) is 11.3 Å². The predicted molar refractivity (Wildman–Crippen MR) is 114 cm³/mol. The molecule has 2 heterocycles. The Balaban J connectivity index is 1.66. The van der Waals surface area contributed by atoms with Crippen molar-refractivity contribution in [3.05, 3.63) is 69.5 Å².